The second-order valence-corrected chi connectivity index (χ2v) is 9.61. The van der Waals surface area contributed by atoms with Crippen molar-refractivity contribution in [3.05, 3.63) is 58.3 Å². The zero-order valence-electron chi connectivity index (χ0n) is 16.9. The monoisotopic (exact) mass is 485 g/mol. The fraction of sp³-hybridized carbons (Fsp3) is 0.200. The van der Waals surface area contributed by atoms with Crippen LogP contribution in [0.3, 0.4) is 0 Å². The van der Waals surface area contributed by atoms with Gasteiger partial charge in [-0.1, -0.05) is 18.1 Å². The fourth-order valence-electron chi connectivity index (χ4n) is 2.57. The van der Waals surface area contributed by atoms with E-state index in [1.54, 1.807) is 19.9 Å². The van der Waals surface area contributed by atoms with E-state index in [1.165, 1.54) is 24.3 Å². The summed E-state index contributed by atoms with van der Waals surface area (Å²) in [5.41, 5.74) is -0.241. The van der Waals surface area contributed by atoms with Crippen LogP contribution in [-0.4, -0.2) is 19.5 Å². The Morgan fingerprint density at radius 1 is 1.22 bits per heavy atom. The van der Waals surface area contributed by atoms with E-state index in [-0.39, 0.29) is 22.2 Å². The van der Waals surface area contributed by atoms with Gasteiger partial charge in [-0.2, -0.15) is 13.2 Å². The van der Waals surface area contributed by atoms with Crippen LogP contribution in [0.2, 0.25) is 0 Å². The van der Waals surface area contributed by atoms with Crippen LogP contribution in [0, 0.1) is 6.92 Å². The van der Waals surface area contributed by atoms with Gasteiger partial charge in [-0.25, -0.2) is 8.42 Å². The van der Waals surface area contributed by atoms with Gasteiger partial charge in [0.25, 0.3) is 10.0 Å². The minimum atomic E-state index is -4.59. The molecule has 0 saturated carbocycles. The Labute approximate surface area is 186 Å². The van der Waals surface area contributed by atoms with Gasteiger partial charge >= 0.3 is 6.18 Å². The van der Waals surface area contributed by atoms with Crippen LogP contribution in [0.5, 0.6) is 0 Å². The van der Waals surface area contributed by atoms with Crippen molar-refractivity contribution in [2.75, 3.05) is 10.0 Å². The molecule has 1 aromatic carbocycles. The number of anilines is 2. The van der Waals surface area contributed by atoms with Gasteiger partial charge in [0.1, 0.15) is 15.6 Å². The number of aryl methyl sites for hydroxylation is 1. The number of sulfonamides is 1. The standard InChI is InChI=1S/C20H18F3N3O4S2/c1-3-17(27)24-19-12(2)25-30-16(19)9-7-15-8-10-18(31-15)32(28,29)26-14-6-4-5-13(11-14)20(21,22)23/h4-11,26H,3H2,1-2H3,(H,24,27)/b9-7+. The number of carbonyl (C=O) groups is 1. The number of hydrogen-bond donors (Lipinski definition) is 2. The summed E-state index contributed by atoms with van der Waals surface area (Å²) in [6.45, 7) is 3.37. The topological polar surface area (TPSA) is 101 Å². The molecule has 0 spiro atoms. The number of benzene rings is 1. The quantitative estimate of drug-likeness (QED) is 0.468. The molecule has 170 valence electrons. The van der Waals surface area contributed by atoms with Crippen LogP contribution in [-0.2, 0) is 21.0 Å². The Balaban J connectivity index is 1.78. The lowest BCUT2D eigenvalue weighted by Crippen LogP contribution is -2.12. The zero-order valence-corrected chi connectivity index (χ0v) is 18.5. The predicted octanol–water partition coefficient (Wildman–Crippen LogP) is 5.38. The number of hydrogen-bond acceptors (Lipinski definition) is 6. The molecule has 3 aromatic rings. The molecule has 12 heteroatoms. The summed E-state index contributed by atoms with van der Waals surface area (Å²) >= 11 is 0.910. The molecule has 2 heterocycles. The lowest BCUT2D eigenvalue weighted by Gasteiger charge is -2.10. The maximum Gasteiger partial charge on any atom is 0.416 e. The molecule has 0 bridgehead atoms. The van der Waals surface area contributed by atoms with E-state index in [9.17, 15) is 26.4 Å². The van der Waals surface area contributed by atoms with Gasteiger partial charge in [-0.3, -0.25) is 9.52 Å². The molecular weight excluding hydrogens is 467 g/mol. The maximum atomic E-state index is 12.9. The van der Waals surface area contributed by atoms with Gasteiger partial charge in [0.05, 0.1) is 5.56 Å². The van der Waals surface area contributed by atoms with Crippen LogP contribution in [0.4, 0.5) is 24.5 Å². The molecule has 0 saturated heterocycles. The average molecular weight is 486 g/mol. The SMILES string of the molecule is CCC(=O)Nc1c(C)noc1/C=C/c1ccc(S(=O)(=O)Nc2cccc(C(F)(F)F)c2)s1. The Bertz CT molecular complexity index is 1260. The van der Waals surface area contributed by atoms with Crippen LogP contribution in [0.1, 0.15) is 35.2 Å². The summed E-state index contributed by atoms with van der Waals surface area (Å²) in [5.74, 6) is 0.0836. The molecule has 2 N–H and O–H groups in total. The van der Waals surface area contributed by atoms with Crippen LogP contribution >= 0.6 is 11.3 Å². The highest BCUT2D eigenvalue weighted by atomic mass is 32.2. The van der Waals surface area contributed by atoms with Crippen molar-refractivity contribution in [2.24, 2.45) is 0 Å². The summed E-state index contributed by atoms with van der Waals surface area (Å²) in [4.78, 5) is 12.2. The molecule has 0 aliphatic rings. The number of nitrogens with one attached hydrogen (secondary N) is 2. The summed E-state index contributed by atoms with van der Waals surface area (Å²) in [7, 11) is -4.09. The lowest BCUT2D eigenvalue weighted by atomic mass is 10.2. The van der Waals surface area contributed by atoms with Crippen LogP contribution in [0.15, 0.2) is 45.1 Å². The number of rotatable bonds is 7. The molecule has 0 aliphatic carbocycles. The summed E-state index contributed by atoms with van der Waals surface area (Å²) in [6, 6.07) is 6.82. The zero-order chi connectivity index (χ0) is 23.5. The number of carbonyl (C=O) groups excluding carboxylic acids is 1. The predicted molar refractivity (Wildman–Crippen MR) is 116 cm³/mol. The fourth-order valence-corrected chi connectivity index (χ4v) is 4.85. The molecule has 3 rings (SSSR count). The third-order valence-electron chi connectivity index (χ3n) is 4.18. The number of amides is 1. The van der Waals surface area contributed by atoms with Crippen molar-refractivity contribution in [3.63, 3.8) is 0 Å². The van der Waals surface area contributed by atoms with Crippen molar-refractivity contribution in [3.8, 4) is 0 Å². The highest BCUT2D eigenvalue weighted by Gasteiger charge is 2.30. The number of aromatic nitrogens is 1. The first-order chi connectivity index (χ1) is 15.0. The Hall–Kier alpha value is -3.12. The highest BCUT2D eigenvalue weighted by Crippen LogP contribution is 2.32. The van der Waals surface area contributed by atoms with Gasteiger partial charge in [-0.15, -0.1) is 11.3 Å². The molecule has 1 amide bonds. The largest absolute Gasteiger partial charge is 0.416 e. The number of thiophene rings is 1. The Morgan fingerprint density at radius 3 is 2.66 bits per heavy atom. The van der Waals surface area contributed by atoms with E-state index in [0.717, 1.165) is 29.5 Å². The van der Waals surface area contributed by atoms with E-state index in [2.05, 4.69) is 15.2 Å². The van der Waals surface area contributed by atoms with Crippen molar-refractivity contribution < 1.29 is 30.9 Å². The molecule has 2 aromatic heterocycles. The Morgan fingerprint density at radius 2 is 1.97 bits per heavy atom. The second kappa shape index (κ2) is 9.17. The van der Waals surface area contributed by atoms with Crippen LogP contribution in [0.25, 0.3) is 12.2 Å². The van der Waals surface area contributed by atoms with E-state index >= 15 is 0 Å². The number of alkyl halides is 3. The normalized spacial score (nSPS) is 12.3. The highest BCUT2D eigenvalue weighted by molar-refractivity contribution is 7.94. The van der Waals surface area contributed by atoms with Crippen molar-refractivity contribution in [2.45, 2.75) is 30.7 Å². The number of halogens is 3. The average Bonchev–Trinajstić information content (AvgIpc) is 3.33. The van der Waals surface area contributed by atoms with Gasteiger partial charge in [0, 0.05) is 17.0 Å². The van der Waals surface area contributed by atoms with Gasteiger partial charge < -0.3 is 9.84 Å². The van der Waals surface area contributed by atoms with E-state index in [0.29, 0.717) is 22.0 Å². The first-order valence-corrected chi connectivity index (χ1v) is 11.5. The summed E-state index contributed by atoms with van der Waals surface area (Å²) in [6.07, 6.45) is -1.20. The summed E-state index contributed by atoms with van der Waals surface area (Å²) < 4.78 is 71.0. The minimum absolute atomic E-state index is 0.0807. The third kappa shape index (κ3) is 5.56. The Kier molecular flexibility index (Phi) is 6.74. The first kappa shape index (κ1) is 23.5. The smallest absolute Gasteiger partial charge is 0.354 e. The molecule has 0 unspecified atom stereocenters. The second-order valence-electron chi connectivity index (χ2n) is 6.58. The minimum Gasteiger partial charge on any atom is -0.354 e. The van der Waals surface area contributed by atoms with Gasteiger partial charge in [0.2, 0.25) is 5.91 Å². The van der Waals surface area contributed by atoms with E-state index < -0.39 is 21.8 Å². The van der Waals surface area contributed by atoms with Crippen molar-refractivity contribution >= 4 is 50.8 Å². The molecule has 0 fully saturated rings. The maximum absolute atomic E-state index is 12.9. The van der Waals surface area contributed by atoms with Crippen molar-refractivity contribution in [1.82, 2.24) is 5.16 Å². The van der Waals surface area contributed by atoms with E-state index in [1.807, 2.05) is 0 Å². The summed E-state index contributed by atoms with van der Waals surface area (Å²) in [5, 5.41) is 6.50. The van der Waals surface area contributed by atoms with Crippen LogP contribution < -0.4 is 10.0 Å². The molecule has 0 atom stereocenters. The molecule has 0 aliphatic heterocycles. The molecule has 32 heavy (non-hydrogen) atoms. The lowest BCUT2D eigenvalue weighted by molar-refractivity contribution is -0.137. The number of nitrogens with zero attached hydrogens (tertiary/aromatic N) is 1. The third-order valence-corrected chi connectivity index (χ3v) is 7.11. The molecule has 0 radical (unpaired) electrons. The molecule has 7 nitrogen and oxygen atoms in total. The van der Waals surface area contributed by atoms with Crippen molar-refractivity contribution in [1.29, 1.82) is 0 Å². The van der Waals surface area contributed by atoms with Gasteiger partial charge in [-0.05, 0) is 49.4 Å². The first-order valence-electron chi connectivity index (χ1n) is 9.23. The van der Waals surface area contributed by atoms with Gasteiger partial charge in [0.15, 0.2) is 5.76 Å². The van der Waals surface area contributed by atoms with E-state index in [4.69, 9.17) is 4.52 Å². The molecular formula is C20H18F3N3O4S2.